The van der Waals surface area contributed by atoms with Gasteiger partial charge < -0.3 is 19.5 Å². The molecule has 0 aliphatic carbocycles. The van der Waals surface area contributed by atoms with Crippen molar-refractivity contribution in [3.8, 4) is 0 Å². The minimum absolute atomic E-state index is 0.0340. The van der Waals surface area contributed by atoms with Gasteiger partial charge in [-0.1, -0.05) is 0 Å². The zero-order valence-electron chi connectivity index (χ0n) is 14.1. The standard InChI is InChI=1S/C16H28N4O2/c1-12(2)18-16(21)19-8-6-14(11-19)15-17-10-13(3)20(15)7-5-9-22-4/h10,12,14H,5-9,11H2,1-4H3,(H,18,21). The Hall–Kier alpha value is -1.56. The third kappa shape index (κ3) is 4.00. The van der Waals surface area contributed by atoms with Crippen molar-refractivity contribution in [2.75, 3.05) is 26.8 Å². The summed E-state index contributed by atoms with van der Waals surface area (Å²) in [6.07, 6.45) is 3.89. The summed E-state index contributed by atoms with van der Waals surface area (Å²) in [5.74, 6) is 1.43. The van der Waals surface area contributed by atoms with Crippen molar-refractivity contribution < 1.29 is 9.53 Å². The minimum atomic E-state index is 0.0340. The number of nitrogens with one attached hydrogen (secondary N) is 1. The fourth-order valence-electron chi connectivity index (χ4n) is 2.96. The van der Waals surface area contributed by atoms with Crippen molar-refractivity contribution in [3.05, 3.63) is 17.7 Å². The van der Waals surface area contributed by atoms with Gasteiger partial charge in [0.15, 0.2) is 0 Å². The van der Waals surface area contributed by atoms with Crippen molar-refractivity contribution in [3.63, 3.8) is 0 Å². The second-order valence-corrected chi connectivity index (χ2v) is 6.29. The summed E-state index contributed by atoms with van der Waals surface area (Å²) in [5, 5.41) is 2.96. The number of hydrogen-bond donors (Lipinski definition) is 1. The molecule has 1 unspecified atom stereocenters. The van der Waals surface area contributed by atoms with E-state index in [1.54, 1.807) is 7.11 Å². The lowest BCUT2D eigenvalue weighted by molar-refractivity contribution is 0.189. The molecule has 1 fully saturated rings. The van der Waals surface area contributed by atoms with E-state index in [9.17, 15) is 4.79 Å². The Morgan fingerprint density at radius 1 is 1.55 bits per heavy atom. The summed E-state index contributed by atoms with van der Waals surface area (Å²) < 4.78 is 7.41. The molecule has 0 radical (unpaired) electrons. The van der Waals surface area contributed by atoms with Crippen LogP contribution in [0.25, 0.3) is 0 Å². The highest BCUT2D eigenvalue weighted by atomic mass is 16.5. The van der Waals surface area contributed by atoms with Crippen molar-refractivity contribution in [2.45, 2.75) is 52.1 Å². The van der Waals surface area contributed by atoms with Gasteiger partial charge in [-0.15, -0.1) is 0 Å². The van der Waals surface area contributed by atoms with Crippen LogP contribution >= 0.6 is 0 Å². The first-order valence-corrected chi connectivity index (χ1v) is 8.09. The molecule has 2 heterocycles. The van der Waals surface area contributed by atoms with Crippen LogP contribution in [0.2, 0.25) is 0 Å². The summed E-state index contributed by atoms with van der Waals surface area (Å²) in [6.45, 7) is 9.27. The number of likely N-dealkylation sites (tertiary alicyclic amines) is 1. The van der Waals surface area contributed by atoms with Gasteiger partial charge in [-0.2, -0.15) is 0 Å². The van der Waals surface area contributed by atoms with Crippen LogP contribution in [-0.4, -0.2) is 53.3 Å². The van der Waals surface area contributed by atoms with E-state index >= 15 is 0 Å². The van der Waals surface area contributed by atoms with E-state index in [4.69, 9.17) is 4.74 Å². The van der Waals surface area contributed by atoms with E-state index in [1.165, 1.54) is 5.69 Å². The lowest BCUT2D eigenvalue weighted by atomic mass is 10.1. The molecule has 0 bridgehead atoms. The van der Waals surface area contributed by atoms with E-state index in [0.717, 1.165) is 44.9 Å². The number of aryl methyl sites for hydroxylation is 1. The highest BCUT2D eigenvalue weighted by molar-refractivity contribution is 5.74. The molecule has 0 saturated carbocycles. The van der Waals surface area contributed by atoms with Crippen LogP contribution in [0.4, 0.5) is 4.79 Å². The smallest absolute Gasteiger partial charge is 0.317 e. The molecule has 1 N–H and O–H groups in total. The predicted molar refractivity (Wildman–Crippen MR) is 86.1 cm³/mol. The summed E-state index contributed by atoms with van der Waals surface area (Å²) >= 11 is 0. The largest absolute Gasteiger partial charge is 0.385 e. The molecular formula is C16H28N4O2. The van der Waals surface area contributed by atoms with Gasteiger partial charge in [-0.3, -0.25) is 0 Å². The maximum absolute atomic E-state index is 12.1. The van der Waals surface area contributed by atoms with Crippen molar-refractivity contribution in [2.24, 2.45) is 0 Å². The molecule has 1 saturated heterocycles. The lowest BCUT2D eigenvalue weighted by Gasteiger charge is -2.19. The Labute approximate surface area is 132 Å². The number of amides is 2. The molecule has 6 heteroatoms. The zero-order valence-corrected chi connectivity index (χ0v) is 14.1. The SMILES string of the molecule is COCCCn1c(C)cnc1C1CCN(C(=O)NC(C)C)C1. The van der Waals surface area contributed by atoms with Gasteiger partial charge in [0.25, 0.3) is 0 Å². The van der Waals surface area contributed by atoms with Crippen molar-refractivity contribution in [1.29, 1.82) is 0 Å². The molecule has 1 aliphatic heterocycles. The lowest BCUT2D eigenvalue weighted by Crippen LogP contribution is -2.41. The first kappa shape index (κ1) is 16.8. The number of ether oxygens (including phenoxy) is 1. The number of urea groups is 1. The number of rotatable bonds is 6. The third-order valence-corrected chi connectivity index (χ3v) is 4.07. The second kappa shape index (κ2) is 7.63. The maximum atomic E-state index is 12.1. The molecule has 2 amide bonds. The van der Waals surface area contributed by atoms with Crippen molar-refractivity contribution >= 4 is 6.03 Å². The Morgan fingerprint density at radius 2 is 2.32 bits per heavy atom. The summed E-state index contributed by atoms with van der Waals surface area (Å²) in [4.78, 5) is 18.6. The van der Waals surface area contributed by atoms with Crippen LogP contribution in [0.15, 0.2) is 6.20 Å². The molecule has 0 aromatic carbocycles. The number of imidazole rings is 1. The Morgan fingerprint density at radius 3 is 3.00 bits per heavy atom. The molecule has 22 heavy (non-hydrogen) atoms. The summed E-state index contributed by atoms with van der Waals surface area (Å²) in [5.41, 5.74) is 1.18. The number of carbonyl (C=O) groups excluding carboxylic acids is 1. The van der Waals surface area contributed by atoms with E-state index in [0.29, 0.717) is 5.92 Å². The van der Waals surface area contributed by atoms with Crippen LogP contribution in [-0.2, 0) is 11.3 Å². The van der Waals surface area contributed by atoms with Gasteiger partial charge >= 0.3 is 6.03 Å². The first-order chi connectivity index (χ1) is 10.5. The normalized spacial score (nSPS) is 18.2. The number of nitrogens with zero attached hydrogens (tertiary/aromatic N) is 3. The average molecular weight is 308 g/mol. The third-order valence-electron chi connectivity index (χ3n) is 4.07. The molecule has 6 nitrogen and oxygen atoms in total. The van der Waals surface area contributed by atoms with Gasteiger partial charge in [0.1, 0.15) is 5.82 Å². The molecular weight excluding hydrogens is 280 g/mol. The maximum Gasteiger partial charge on any atom is 0.317 e. The van der Waals surface area contributed by atoms with Crippen LogP contribution in [0.3, 0.4) is 0 Å². The van der Waals surface area contributed by atoms with Gasteiger partial charge in [0, 0.05) is 57.2 Å². The average Bonchev–Trinajstić information content (AvgIpc) is 3.06. The van der Waals surface area contributed by atoms with Gasteiger partial charge in [0.05, 0.1) is 0 Å². The number of carbonyl (C=O) groups is 1. The molecule has 1 aromatic rings. The Kier molecular flexibility index (Phi) is 5.83. The van der Waals surface area contributed by atoms with E-state index < -0.39 is 0 Å². The first-order valence-electron chi connectivity index (χ1n) is 8.09. The second-order valence-electron chi connectivity index (χ2n) is 6.29. The van der Waals surface area contributed by atoms with Crippen LogP contribution < -0.4 is 5.32 Å². The van der Waals surface area contributed by atoms with Crippen LogP contribution in [0.1, 0.15) is 44.1 Å². The molecule has 1 aliphatic rings. The highest BCUT2D eigenvalue weighted by Crippen LogP contribution is 2.27. The minimum Gasteiger partial charge on any atom is -0.385 e. The van der Waals surface area contributed by atoms with E-state index in [-0.39, 0.29) is 12.1 Å². The van der Waals surface area contributed by atoms with E-state index in [1.807, 2.05) is 24.9 Å². The number of methoxy groups -OCH3 is 1. The molecule has 1 aromatic heterocycles. The van der Waals surface area contributed by atoms with E-state index in [2.05, 4.69) is 21.8 Å². The van der Waals surface area contributed by atoms with Crippen LogP contribution in [0, 0.1) is 6.92 Å². The van der Waals surface area contributed by atoms with Gasteiger partial charge in [-0.25, -0.2) is 9.78 Å². The zero-order chi connectivity index (χ0) is 16.1. The van der Waals surface area contributed by atoms with Gasteiger partial charge in [0.2, 0.25) is 0 Å². The molecule has 0 spiro atoms. The predicted octanol–water partition coefficient (Wildman–Crippen LogP) is 2.14. The topological polar surface area (TPSA) is 59.4 Å². The molecule has 124 valence electrons. The summed E-state index contributed by atoms with van der Waals surface area (Å²) in [7, 11) is 1.73. The monoisotopic (exact) mass is 308 g/mol. The Balaban J connectivity index is 2.00. The molecule has 1 atom stereocenters. The highest BCUT2D eigenvalue weighted by Gasteiger charge is 2.30. The number of aromatic nitrogens is 2. The molecule has 2 rings (SSSR count). The fourth-order valence-corrected chi connectivity index (χ4v) is 2.96. The van der Waals surface area contributed by atoms with Gasteiger partial charge in [-0.05, 0) is 33.6 Å². The summed E-state index contributed by atoms with van der Waals surface area (Å²) in [6, 6.07) is 0.205. The van der Waals surface area contributed by atoms with Crippen molar-refractivity contribution in [1.82, 2.24) is 19.8 Å². The quantitative estimate of drug-likeness (QED) is 0.819. The Bertz CT molecular complexity index is 498. The van der Waals surface area contributed by atoms with Crippen LogP contribution in [0.5, 0.6) is 0 Å². The fraction of sp³-hybridized carbons (Fsp3) is 0.750. The number of hydrogen-bond acceptors (Lipinski definition) is 3.